The van der Waals surface area contributed by atoms with Gasteiger partial charge in [0.1, 0.15) is 5.60 Å². The fourth-order valence-corrected chi connectivity index (χ4v) is 1.78. The molecule has 0 bridgehead atoms. The van der Waals surface area contributed by atoms with Crippen molar-refractivity contribution >= 4 is 22.0 Å². The van der Waals surface area contributed by atoms with Crippen LogP contribution in [0.4, 0.5) is 4.79 Å². The third kappa shape index (κ3) is 5.06. The zero-order valence-corrected chi connectivity index (χ0v) is 13.3. The summed E-state index contributed by atoms with van der Waals surface area (Å²) < 4.78 is 6.11. The fourth-order valence-electron chi connectivity index (χ4n) is 1.52. The molecule has 1 atom stereocenters. The van der Waals surface area contributed by atoms with Crippen molar-refractivity contribution in [2.45, 2.75) is 32.4 Å². The smallest absolute Gasteiger partial charge is 0.408 e. The molecule has 0 aromatic heterocycles. The number of rotatable bonds is 3. The number of benzene rings is 1. The lowest BCUT2D eigenvalue weighted by Crippen LogP contribution is -2.35. The second-order valence-corrected chi connectivity index (χ2v) is 6.18. The van der Waals surface area contributed by atoms with Crippen molar-refractivity contribution in [3.63, 3.8) is 0 Å². The number of alkyl carbamates (subject to hydrolysis) is 1. The molecule has 0 radical (unpaired) electrons. The molecule has 0 aliphatic rings. The quantitative estimate of drug-likeness (QED) is 0.845. The summed E-state index contributed by atoms with van der Waals surface area (Å²) in [6, 6.07) is 8.68. The number of nitrogens with zero attached hydrogens (tertiary/aromatic N) is 1. The first-order chi connectivity index (χ1) is 9.23. The summed E-state index contributed by atoms with van der Waals surface area (Å²) >= 11 is 3.34. The Balaban J connectivity index is 2.92. The van der Waals surface area contributed by atoms with Gasteiger partial charge in [-0.05, 0) is 38.5 Å². The number of halogens is 1. The van der Waals surface area contributed by atoms with Crippen molar-refractivity contribution in [2.75, 3.05) is 0 Å². The van der Waals surface area contributed by atoms with E-state index in [2.05, 4.69) is 27.8 Å². The zero-order chi connectivity index (χ0) is 15.3. The molecule has 0 aliphatic heterocycles. The van der Waals surface area contributed by atoms with E-state index in [4.69, 9.17) is 10.00 Å². The first-order valence-electron chi connectivity index (χ1n) is 6.07. The average Bonchev–Trinajstić information content (AvgIpc) is 2.34. The van der Waals surface area contributed by atoms with E-state index in [9.17, 15) is 4.79 Å². The van der Waals surface area contributed by atoms with Gasteiger partial charge in [-0.1, -0.05) is 34.6 Å². The highest BCUT2D eigenvalue weighted by molar-refractivity contribution is 9.10. The maximum absolute atomic E-state index is 11.8. The van der Waals surface area contributed by atoms with Gasteiger partial charge in [0.15, 0.2) is 0 Å². The number of amides is 1. The maximum Gasteiger partial charge on any atom is 0.408 e. The Bertz CT molecular complexity index is 538. The van der Waals surface area contributed by atoms with Crippen LogP contribution in [-0.2, 0) is 4.74 Å². The van der Waals surface area contributed by atoms with Crippen LogP contribution in [0.3, 0.4) is 0 Å². The van der Waals surface area contributed by atoms with Crippen molar-refractivity contribution in [1.82, 2.24) is 5.32 Å². The Kier molecular flexibility index (Phi) is 5.34. The molecule has 1 rings (SSSR count). The molecule has 0 saturated carbocycles. The Morgan fingerprint density at radius 3 is 2.40 bits per heavy atom. The lowest BCUT2D eigenvalue weighted by atomic mass is 10.0. The van der Waals surface area contributed by atoms with E-state index in [1.165, 1.54) is 0 Å². The van der Waals surface area contributed by atoms with Crippen LogP contribution >= 0.6 is 15.9 Å². The average molecular weight is 337 g/mol. The third-order valence-corrected chi connectivity index (χ3v) is 2.89. The van der Waals surface area contributed by atoms with E-state index >= 15 is 0 Å². The first kappa shape index (κ1) is 16.3. The molecule has 106 valence electrons. The van der Waals surface area contributed by atoms with Gasteiger partial charge < -0.3 is 10.1 Å². The van der Waals surface area contributed by atoms with E-state index in [0.29, 0.717) is 0 Å². The van der Waals surface area contributed by atoms with Crippen LogP contribution in [0.2, 0.25) is 0 Å². The number of ether oxygens (including phenoxy) is 1. The summed E-state index contributed by atoms with van der Waals surface area (Å²) in [4.78, 5) is 11.8. The predicted octanol–water partition coefficient (Wildman–Crippen LogP) is 4.09. The SMILES string of the molecule is C=C(C#N)C(NC(=O)OC(C)(C)C)c1ccc(Br)cc1. The largest absolute Gasteiger partial charge is 0.444 e. The second-order valence-electron chi connectivity index (χ2n) is 5.27. The second kappa shape index (κ2) is 6.58. The van der Waals surface area contributed by atoms with Crippen LogP contribution in [0.25, 0.3) is 0 Å². The molecule has 0 saturated heterocycles. The number of nitriles is 1. The molecule has 1 aromatic rings. The molecule has 0 spiro atoms. The van der Waals surface area contributed by atoms with Crippen LogP contribution in [0, 0.1) is 11.3 Å². The molecule has 1 aromatic carbocycles. The van der Waals surface area contributed by atoms with Gasteiger partial charge in [-0.25, -0.2) is 4.79 Å². The minimum absolute atomic E-state index is 0.248. The Morgan fingerprint density at radius 2 is 1.95 bits per heavy atom. The Morgan fingerprint density at radius 1 is 1.40 bits per heavy atom. The van der Waals surface area contributed by atoms with Crippen LogP contribution in [0.15, 0.2) is 40.9 Å². The highest BCUT2D eigenvalue weighted by Crippen LogP contribution is 2.22. The van der Waals surface area contributed by atoms with Crippen LogP contribution in [0.1, 0.15) is 32.4 Å². The molecular weight excluding hydrogens is 320 g/mol. The van der Waals surface area contributed by atoms with Crippen molar-refractivity contribution in [3.8, 4) is 6.07 Å². The van der Waals surface area contributed by atoms with Crippen molar-refractivity contribution in [2.24, 2.45) is 0 Å². The molecule has 0 aliphatic carbocycles. The van der Waals surface area contributed by atoms with Gasteiger partial charge in [-0.3, -0.25) is 0 Å². The number of nitrogens with one attached hydrogen (secondary N) is 1. The van der Waals surface area contributed by atoms with Gasteiger partial charge in [-0.2, -0.15) is 5.26 Å². The summed E-state index contributed by atoms with van der Waals surface area (Å²) in [6.07, 6.45) is -0.582. The molecule has 1 amide bonds. The van der Waals surface area contributed by atoms with E-state index in [0.717, 1.165) is 10.0 Å². The number of hydrogen-bond acceptors (Lipinski definition) is 3. The summed E-state index contributed by atoms with van der Waals surface area (Å²) in [6.45, 7) is 9.01. The maximum atomic E-state index is 11.8. The van der Waals surface area contributed by atoms with Crippen LogP contribution in [-0.4, -0.2) is 11.7 Å². The molecule has 1 unspecified atom stereocenters. The molecule has 5 heteroatoms. The highest BCUT2D eigenvalue weighted by Gasteiger charge is 2.22. The number of hydrogen-bond donors (Lipinski definition) is 1. The fraction of sp³-hybridized carbons (Fsp3) is 0.333. The van der Waals surface area contributed by atoms with E-state index in [-0.39, 0.29) is 5.57 Å². The lowest BCUT2D eigenvalue weighted by molar-refractivity contribution is 0.0512. The summed E-state index contributed by atoms with van der Waals surface area (Å²) in [7, 11) is 0. The summed E-state index contributed by atoms with van der Waals surface area (Å²) in [5.74, 6) is 0. The Hall–Kier alpha value is -1.80. The third-order valence-electron chi connectivity index (χ3n) is 2.36. The topological polar surface area (TPSA) is 62.1 Å². The predicted molar refractivity (Wildman–Crippen MR) is 81.0 cm³/mol. The van der Waals surface area contributed by atoms with E-state index < -0.39 is 17.7 Å². The first-order valence-corrected chi connectivity index (χ1v) is 6.86. The molecule has 4 nitrogen and oxygen atoms in total. The Labute approximate surface area is 127 Å². The molecular formula is C15H17BrN2O2. The summed E-state index contributed by atoms with van der Waals surface area (Å²) in [5, 5.41) is 11.7. The van der Waals surface area contributed by atoms with Crippen LogP contribution < -0.4 is 5.32 Å². The highest BCUT2D eigenvalue weighted by atomic mass is 79.9. The molecule has 0 fully saturated rings. The van der Waals surface area contributed by atoms with Gasteiger partial charge in [-0.15, -0.1) is 0 Å². The van der Waals surface area contributed by atoms with Crippen molar-refractivity contribution in [1.29, 1.82) is 5.26 Å². The molecule has 20 heavy (non-hydrogen) atoms. The van der Waals surface area contributed by atoms with E-state index in [1.807, 2.05) is 30.3 Å². The number of carbonyl (C=O) groups is 1. The van der Waals surface area contributed by atoms with Crippen molar-refractivity contribution < 1.29 is 9.53 Å². The summed E-state index contributed by atoms with van der Waals surface area (Å²) in [5.41, 5.74) is 0.422. The minimum atomic E-state index is -0.595. The lowest BCUT2D eigenvalue weighted by Gasteiger charge is -2.23. The van der Waals surface area contributed by atoms with E-state index in [1.54, 1.807) is 20.8 Å². The number of carbonyl (C=O) groups excluding carboxylic acids is 1. The zero-order valence-electron chi connectivity index (χ0n) is 11.7. The molecule has 1 N–H and O–H groups in total. The standard InChI is InChI=1S/C15H17BrN2O2/c1-10(9-17)13(11-5-7-12(16)8-6-11)18-14(19)20-15(2,3)4/h5-8,13H,1H2,2-4H3,(H,18,19). The van der Waals surface area contributed by atoms with Gasteiger partial charge in [0.05, 0.1) is 12.1 Å². The van der Waals surface area contributed by atoms with Gasteiger partial charge in [0.25, 0.3) is 0 Å². The van der Waals surface area contributed by atoms with Gasteiger partial charge in [0.2, 0.25) is 0 Å². The monoisotopic (exact) mass is 336 g/mol. The normalized spacial score (nSPS) is 12.2. The molecule has 0 heterocycles. The van der Waals surface area contributed by atoms with Gasteiger partial charge in [0, 0.05) is 10.0 Å². The van der Waals surface area contributed by atoms with Crippen LogP contribution in [0.5, 0.6) is 0 Å². The minimum Gasteiger partial charge on any atom is -0.444 e. The van der Waals surface area contributed by atoms with Crippen molar-refractivity contribution in [3.05, 3.63) is 46.5 Å². The van der Waals surface area contributed by atoms with Gasteiger partial charge >= 0.3 is 6.09 Å².